The molecule has 0 saturated heterocycles. The van der Waals surface area contributed by atoms with Crippen LogP contribution >= 0.6 is 41.9 Å². The van der Waals surface area contributed by atoms with Crippen LogP contribution in [-0.4, -0.2) is 31.1 Å². The van der Waals surface area contributed by atoms with E-state index in [1.165, 1.54) is 164 Å². The van der Waals surface area contributed by atoms with Crippen molar-refractivity contribution in [3.8, 4) is 31.9 Å². The zero-order valence-corrected chi connectivity index (χ0v) is 80.2. The highest BCUT2D eigenvalue weighted by molar-refractivity contribution is 7.97. The number of para-hydroxylation sites is 2. The van der Waals surface area contributed by atoms with Crippen molar-refractivity contribution in [3.63, 3.8) is 0 Å². The predicted molar refractivity (Wildman–Crippen MR) is 551 cm³/mol. The smallest absolute Gasteiger partial charge is 0.416 e. The van der Waals surface area contributed by atoms with Crippen LogP contribution in [0.4, 0.5) is 22.0 Å². The van der Waals surface area contributed by atoms with Gasteiger partial charge in [0.05, 0.1) is 11.7 Å². The van der Waals surface area contributed by atoms with E-state index in [1.54, 1.807) is 6.07 Å². The molecule has 16 heteroatoms. The molecular weight excluding hydrogens is 1780 g/mol. The average molecular weight is 1890 g/mol. The lowest BCUT2D eigenvalue weighted by Gasteiger charge is -2.59. The number of ether oxygens (including phenoxy) is 5. The van der Waals surface area contributed by atoms with Crippen LogP contribution in [0.1, 0.15) is 108 Å². The van der Waals surface area contributed by atoms with Crippen molar-refractivity contribution in [2.24, 2.45) is 53.3 Å². The molecular formula is C119H106F5O6S5+5. The van der Waals surface area contributed by atoms with Crippen LogP contribution in [0.5, 0.6) is 17.2 Å². The van der Waals surface area contributed by atoms with Gasteiger partial charge in [-0.2, -0.15) is 13.2 Å². The Balaban J connectivity index is 0.000000100. The van der Waals surface area contributed by atoms with Gasteiger partial charge in [-0.15, -0.1) is 0 Å². The molecule has 135 heavy (non-hydrogen) atoms. The van der Waals surface area contributed by atoms with E-state index in [0.29, 0.717) is 34.5 Å². The lowest BCUT2D eigenvalue weighted by Crippen LogP contribution is -2.58. The summed E-state index contributed by atoms with van der Waals surface area (Å²) in [6.07, 6.45) is 12.7. The van der Waals surface area contributed by atoms with Gasteiger partial charge in [0, 0.05) is 140 Å². The van der Waals surface area contributed by atoms with Gasteiger partial charge in [-0.25, -0.2) is 13.6 Å². The van der Waals surface area contributed by atoms with Crippen LogP contribution < -0.4 is 9.47 Å². The summed E-state index contributed by atoms with van der Waals surface area (Å²) in [5.41, 5.74) is 2.66. The summed E-state index contributed by atoms with van der Waals surface area (Å²) in [7, 11) is -1.14. The molecule has 1 aliphatic heterocycles. The summed E-state index contributed by atoms with van der Waals surface area (Å²) >= 11 is 0. The van der Waals surface area contributed by atoms with Crippen molar-refractivity contribution in [2.45, 2.75) is 138 Å². The molecule has 8 fully saturated rings. The first-order valence-electron chi connectivity index (χ1n) is 47.4. The van der Waals surface area contributed by atoms with Crippen LogP contribution in [0.3, 0.4) is 0 Å². The third-order valence-electron chi connectivity index (χ3n) is 29.5. The van der Waals surface area contributed by atoms with E-state index in [1.807, 2.05) is 109 Å². The highest BCUT2D eigenvalue weighted by Gasteiger charge is 2.57. The fourth-order valence-electron chi connectivity index (χ4n) is 24.2. The molecule has 10 aliphatic rings. The number of alkyl halides is 3. The Morgan fingerprint density at radius 1 is 0.400 bits per heavy atom. The summed E-state index contributed by atoms with van der Waals surface area (Å²) in [6.45, 7) is 11.3. The largest absolute Gasteiger partial charge is 0.486 e. The van der Waals surface area contributed by atoms with Gasteiger partial charge in [0.15, 0.2) is 87.0 Å². The maximum absolute atomic E-state index is 13.6. The second-order valence-electron chi connectivity index (χ2n) is 38.2. The minimum atomic E-state index is -4.32. The second kappa shape index (κ2) is 37.1. The van der Waals surface area contributed by atoms with E-state index in [0.717, 1.165) is 123 Å². The van der Waals surface area contributed by atoms with Crippen LogP contribution in [0.15, 0.2) is 360 Å². The molecule has 0 N–H and O–H groups in total. The number of rotatable bonds is 13. The van der Waals surface area contributed by atoms with Gasteiger partial charge in [0.2, 0.25) is 9.79 Å². The first kappa shape index (κ1) is 88.5. The van der Waals surface area contributed by atoms with Crippen LogP contribution in [-0.2, 0) is 36.1 Å². The van der Waals surface area contributed by atoms with Gasteiger partial charge < -0.3 is 23.7 Å². The highest BCUT2D eigenvalue weighted by Crippen LogP contribution is 2.62. The molecule has 4 aromatic heterocycles. The molecule has 1 atom stereocenters. The van der Waals surface area contributed by atoms with E-state index < -0.39 is 44.3 Å². The Morgan fingerprint density at radius 2 is 0.770 bits per heavy atom. The van der Waals surface area contributed by atoms with Crippen molar-refractivity contribution in [1.82, 2.24) is 0 Å². The standard InChI is InChI=1S/C33H37O3S.C31H33O2S.C19H12F3S.C18H11F2S.C18H13OS/c1-20-12-26(37-29-10-6-4-8-27(29)28-9-5-7-11-30(28)37)13-21(2)32(20)35-19-31(34)36-33(3)24-15-22-14-23(17-24)18-25(33)16-22;1-19-11-25(34-28-9-5-3-7-26(28)27-8-4-6-10-29(27)34)12-20(2)30(19)32-18-33-31-23-14-21-13-22(16-23)17-24(31)15-21;20-19(21,22)13-6-5-7-14(12-13)23-17-10-3-1-8-15(17)16-9-2-4-11-18(16)23;19-12-9-13(20)11-14(10-12)21-17-7-3-1-5-15(17)16-6-2-4-8-18(16)21;1-2-8-14(9-3-1)20-17-12-6-4-10-15(17)19-16-11-5-7-13-18(16)20/h4-12,21-25H,13-19H2,1-3H3;3-12,21-24,31H,13-18H2,1-2H3;1-12H;1-11H;1-13H/q5*+1. The van der Waals surface area contributed by atoms with E-state index in [9.17, 15) is 26.7 Å². The normalized spacial score (nSPS) is 21.7. The first-order valence-corrected chi connectivity index (χ1v) is 53.5. The summed E-state index contributed by atoms with van der Waals surface area (Å²) < 4.78 is 108. The molecule has 6 nitrogen and oxygen atoms in total. The summed E-state index contributed by atoms with van der Waals surface area (Å²) in [6, 6.07) is 109. The van der Waals surface area contributed by atoms with Crippen LogP contribution in [0.25, 0.3) is 100 Å². The fraction of sp³-hybridized carbons (Fsp3) is 0.252. The summed E-state index contributed by atoms with van der Waals surface area (Å²) in [5.74, 6) is 9.16. The first-order chi connectivity index (χ1) is 65.8. The van der Waals surface area contributed by atoms with E-state index in [2.05, 4.69) is 217 Å². The molecule has 14 aromatic carbocycles. The number of thiophene rings is 4. The Labute approximate surface area is 798 Å². The molecule has 9 aliphatic carbocycles. The molecule has 18 aromatic rings. The van der Waals surface area contributed by atoms with Gasteiger partial charge in [-0.3, -0.25) is 0 Å². The van der Waals surface area contributed by atoms with E-state index in [-0.39, 0.29) is 55.9 Å². The number of hydrogen-bond acceptors (Lipinski definition) is 6. The molecule has 1 unspecified atom stereocenters. The number of aryl methyl sites for hydroxylation is 2. The SMILES string of the molecule is CC1=C(OCC(=O)OC2(C)C3CC4CC(C3)CC2C4)C(C)CC([s+]2c3ccccc3c3ccccc32)=C1.Cc1cc(-[s+]2c3ccccc3c3ccccc32)cc(C)c1OCOC1C2CC3CC(C2)CC1C3.FC(F)(F)c1cccc(-[s+]2c3ccccc3c3ccccc32)c1.Fc1cc(F)cc(-[s+]2c3ccccc3c3ccccc32)c1.c1ccc([S+]2c3ccccc3Oc3ccccc32)cc1. The van der Waals surface area contributed by atoms with E-state index >= 15 is 0 Å². The van der Waals surface area contributed by atoms with Crippen molar-refractivity contribution < 1.29 is 50.4 Å². The Kier molecular flexibility index (Phi) is 24.3. The zero-order valence-electron chi connectivity index (χ0n) is 76.1. The van der Waals surface area contributed by atoms with Gasteiger partial charge in [0.1, 0.15) is 39.6 Å². The highest BCUT2D eigenvalue weighted by atomic mass is 32.2. The predicted octanol–water partition coefficient (Wildman–Crippen LogP) is 34.8. The minimum absolute atomic E-state index is 0.0133. The van der Waals surface area contributed by atoms with Crippen molar-refractivity contribution in [1.29, 1.82) is 0 Å². The lowest BCUT2D eigenvalue weighted by atomic mass is 9.50. The number of allylic oxidation sites excluding steroid dienone is 4. The molecule has 0 amide bonds. The van der Waals surface area contributed by atoms with Gasteiger partial charge in [-0.1, -0.05) is 153 Å². The van der Waals surface area contributed by atoms with Crippen LogP contribution in [0.2, 0.25) is 0 Å². The summed E-state index contributed by atoms with van der Waals surface area (Å²) in [5, 5.41) is 10.0. The second-order valence-corrected chi connectivity index (χ2v) is 48.0. The molecule has 8 saturated carbocycles. The number of fused-ring (bicyclic) bond motifs is 14. The molecule has 0 radical (unpaired) electrons. The van der Waals surface area contributed by atoms with Crippen molar-refractivity contribution >= 4 is 144 Å². The monoisotopic (exact) mass is 1890 g/mol. The van der Waals surface area contributed by atoms with Crippen molar-refractivity contribution in [2.75, 3.05) is 13.4 Å². The quantitative estimate of drug-likeness (QED) is 0.0496. The number of benzene rings is 14. The fourth-order valence-corrected chi connectivity index (χ4v) is 36.6. The van der Waals surface area contributed by atoms with E-state index in [4.69, 9.17) is 23.7 Å². The number of hydrogen-bond donors (Lipinski definition) is 0. The molecule has 0 spiro atoms. The molecule has 8 bridgehead atoms. The number of halogens is 5. The lowest BCUT2D eigenvalue weighted by molar-refractivity contribution is -0.206. The number of esters is 1. The molecule has 5 heterocycles. The average Bonchev–Trinajstić information content (AvgIpc) is 1.73. The molecule has 678 valence electrons. The summed E-state index contributed by atoms with van der Waals surface area (Å²) in [4.78, 5) is 21.1. The minimum Gasteiger partial charge on any atom is -0.486 e. The topological polar surface area (TPSA) is 63.2 Å². The maximum Gasteiger partial charge on any atom is 0.416 e. The third kappa shape index (κ3) is 17.0. The molecule has 28 rings (SSSR count). The number of carbonyl (C=O) groups is 1. The van der Waals surface area contributed by atoms with Crippen LogP contribution in [0, 0.1) is 78.7 Å². The third-order valence-corrected chi connectivity index (χ3v) is 41.1. The Morgan fingerprint density at radius 3 is 1.19 bits per heavy atom. The van der Waals surface area contributed by atoms with Crippen molar-refractivity contribution in [3.05, 3.63) is 373 Å². The number of carbonyl (C=O) groups excluding carboxylic acids is 1. The zero-order chi connectivity index (χ0) is 91.9. The Bertz CT molecular complexity index is 7290. The Hall–Kier alpha value is -11.7. The maximum atomic E-state index is 13.6. The van der Waals surface area contributed by atoms with Gasteiger partial charge in [-0.05, 0) is 302 Å². The van der Waals surface area contributed by atoms with Gasteiger partial charge in [0.25, 0.3) is 0 Å². The van der Waals surface area contributed by atoms with Gasteiger partial charge >= 0.3 is 12.1 Å².